The average Bonchev–Trinajstić information content (AvgIpc) is 2.39. The van der Waals surface area contributed by atoms with E-state index in [0.29, 0.717) is 0 Å². The Balaban J connectivity index is 1.81. The lowest BCUT2D eigenvalue weighted by atomic mass is 10.2. The van der Waals surface area contributed by atoms with Crippen LogP contribution in [0.25, 0.3) is 0 Å². The molecule has 9 heavy (non-hydrogen) atoms. The molecule has 0 aromatic rings. The Hall–Kier alpha value is -0.0400. The van der Waals surface area contributed by atoms with Crippen molar-refractivity contribution in [2.75, 3.05) is 13.2 Å². The second kappa shape index (κ2) is 1.98. The Morgan fingerprint density at radius 3 is 2.56 bits per heavy atom. The van der Waals surface area contributed by atoms with Gasteiger partial charge in [0, 0.05) is 0 Å². The first-order valence-corrected chi connectivity index (χ1v) is 4.01. The van der Waals surface area contributed by atoms with Crippen molar-refractivity contribution in [2.45, 2.75) is 19.8 Å². The predicted octanol–water partition coefficient (Wildman–Crippen LogP) is 1.68. The molecule has 0 amide bonds. The summed E-state index contributed by atoms with van der Waals surface area (Å²) in [5.41, 5.74) is 0. The maximum Gasteiger partial charge on any atom is 0.0500 e. The van der Waals surface area contributed by atoms with E-state index in [4.69, 9.17) is 4.74 Å². The summed E-state index contributed by atoms with van der Waals surface area (Å²) in [7, 11) is 0. The number of hydrogen-bond donors (Lipinski definition) is 0. The summed E-state index contributed by atoms with van der Waals surface area (Å²) < 4.78 is 5.28. The fourth-order valence-corrected chi connectivity index (χ4v) is 2.12. The van der Waals surface area contributed by atoms with Crippen LogP contribution in [0.15, 0.2) is 0 Å². The van der Waals surface area contributed by atoms with E-state index in [-0.39, 0.29) is 0 Å². The summed E-state index contributed by atoms with van der Waals surface area (Å²) in [6.45, 7) is 4.40. The molecular formula is C8H14O. The number of fused-ring (bicyclic) bond motifs is 1. The topological polar surface area (TPSA) is 9.23 Å². The molecule has 52 valence electrons. The van der Waals surface area contributed by atoms with Gasteiger partial charge in [-0.2, -0.15) is 0 Å². The van der Waals surface area contributed by atoms with Gasteiger partial charge in [-0.3, -0.25) is 0 Å². The van der Waals surface area contributed by atoms with Crippen molar-refractivity contribution in [1.29, 1.82) is 0 Å². The van der Waals surface area contributed by atoms with Gasteiger partial charge in [-0.15, -0.1) is 0 Å². The van der Waals surface area contributed by atoms with Crippen LogP contribution in [0.3, 0.4) is 0 Å². The molecule has 0 N–H and O–H groups in total. The SMILES string of the molecule is CCCC1C2COCC12. The third-order valence-electron chi connectivity index (χ3n) is 2.75. The second-order valence-corrected chi connectivity index (χ2v) is 3.32. The summed E-state index contributed by atoms with van der Waals surface area (Å²) in [4.78, 5) is 0. The zero-order valence-electron chi connectivity index (χ0n) is 5.97. The molecule has 0 spiro atoms. The van der Waals surface area contributed by atoms with Gasteiger partial charge in [-0.1, -0.05) is 13.3 Å². The molecule has 0 aromatic heterocycles. The molecule has 1 nitrogen and oxygen atoms in total. The fourth-order valence-electron chi connectivity index (χ4n) is 2.12. The zero-order chi connectivity index (χ0) is 6.27. The van der Waals surface area contributed by atoms with Crippen LogP contribution in [0.4, 0.5) is 0 Å². The van der Waals surface area contributed by atoms with Crippen molar-refractivity contribution < 1.29 is 4.74 Å². The zero-order valence-corrected chi connectivity index (χ0v) is 5.97. The van der Waals surface area contributed by atoms with E-state index < -0.39 is 0 Å². The molecule has 1 aliphatic carbocycles. The fraction of sp³-hybridized carbons (Fsp3) is 1.00. The van der Waals surface area contributed by atoms with Crippen molar-refractivity contribution >= 4 is 0 Å². The molecule has 2 fully saturated rings. The molecular weight excluding hydrogens is 112 g/mol. The van der Waals surface area contributed by atoms with E-state index in [9.17, 15) is 0 Å². The van der Waals surface area contributed by atoms with Gasteiger partial charge in [0.15, 0.2) is 0 Å². The van der Waals surface area contributed by atoms with Crippen LogP contribution in [-0.2, 0) is 4.74 Å². The Labute approximate surface area is 56.4 Å². The maximum absolute atomic E-state index is 5.28. The molecule has 1 saturated carbocycles. The van der Waals surface area contributed by atoms with Crippen LogP contribution in [0, 0.1) is 17.8 Å². The van der Waals surface area contributed by atoms with E-state index in [0.717, 1.165) is 31.0 Å². The monoisotopic (exact) mass is 126 g/mol. The predicted molar refractivity (Wildman–Crippen MR) is 36.2 cm³/mol. The van der Waals surface area contributed by atoms with Crippen LogP contribution in [0.5, 0.6) is 0 Å². The normalized spacial score (nSPS) is 47.0. The average molecular weight is 126 g/mol. The lowest BCUT2D eigenvalue weighted by Gasteiger charge is -1.99. The molecule has 0 bridgehead atoms. The van der Waals surface area contributed by atoms with Crippen LogP contribution in [0.1, 0.15) is 19.8 Å². The van der Waals surface area contributed by atoms with Gasteiger partial charge >= 0.3 is 0 Å². The van der Waals surface area contributed by atoms with Gasteiger partial charge in [0.25, 0.3) is 0 Å². The summed E-state index contributed by atoms with van der Waals surface area (Å²) >= 11 is 0. The van der Waals surface area contributed by atoms with E-state index in [1.165, 1.54) is 12.8 Å². The number of ether oxygens (including phenoxy) is 1. The van der Waals surface area contributed by atoms with Gasteiger partial charge in [0.05, 0.1) is 13.2 Å². The van der Waals surface area contributed by atoms with Crippen LogP contribution < -0.4 is 0 Å². The lowest BCUT2D eigenvalue weighted by Crippen LogP contribution is -1.96. The molecule has 0 radical (unpaired) electrons. The third kappa shape index (κ3) is 0.787. The number of hydrogen-bond acceptors (Lipinski definition) is 1. The highest BCUT2D eigenvalue weighted by Crippen LogP contribution is 2.52. The highest BCUT2D eigenvalue weighted by molar-refractivity contribution is 4.99. The largest absolute Gasteiger partial charge is 0.381 e. The minimum Gasteiger partial charge on any atom is -0.381 e. The van der Waals surface area contributed by atoms with Gasteiger partial charge in [-0.25, -0.2) is 0 Å². The van der Waals surface area contributed by atoms with Gasteiger partial charge in [0.1, 0.15) is 0 Å². The van der Waals surface area contributed by atoms with Gasteiger partial charge in [0.2, 0.25) is 0 Å². The summed E-state index contributed by atoms with van der Waals surface area (Å²) in [5, 5.41) is 0. The number of rotatable bonds is 2. The summed E-state index contributed by atoms with van der Waals surface area (Å²) in [6, 6.07) is 0. The van der Waals surface area contributed by atoms with Crippen molar-refractivity contribution in [1.82, 2.24) is 0 Å². The maximum atomic E-state index is 5.28. The highest BCUT2D eigenvalue weighted by atomic mass is 16.5. The molecule has 1 saturated heterocycles. The van der Waals surface area contributed by atoms with E-state index in [2.05, 4.69) is 6.92 Å². The minimum absolute atomic E-state index is 0.977. The Morgan fingerprint density at radius 2 is 2.00 bits per heavy atom. The molecule has 1 heteroatoms. The molecule has 0 aromatic carbocycles. The van der Waals surface area contributed by atoms with Crippen LogP contribution in [-0.4, -0.2) is 13.2 Å². The lowest BCUT2D eigenvalue weighted by molar-refractivity contribution is 0.149. The van der Waals surface area contributed by atoms with E-state index in [1.807, 2.05) is 0 Å². The first kappa shape index (κ1) is 5.72. The van der Waals surface area contributed by atoms with E-state index >= 15 is 0 Å². The molecule has 2 aliphatic rings. The molecule has 2 rings (SSSR count). The third-order valence-corrected chi connectivity index (χ3v) is 2.75. The van der Waals surface area contributed by atoms with Crippen LogP contribution >= 0.6 is 0 Å². The molecule has 2 unspecified atom stereocenters. The van der Waals surface area contributed by atoms with Crippen molar-refractivity contribution in [3.8, 4) is 0 Å². The summed E-state index contributed by atoms with van der Waals surface area (Å²) in [6.07, 6.45) is 2.80. The minimum atomic E-state index is 0.977. The quantitative estimate of drug-likeness (QED) is 0.547. The van der Waals surface area contributed by atoms with Crippen molar-refractivity contribution in [3.63, 3.8) is 0 Å². The van der Waals surface area contributed by atoms with Crippen LogP contribution in [0.2, 0.25) is 0 Å². The first-order chi connectivity index (χ1) is 4.43. The smallest absolute Gasteiger partial charge is 0.0500 e. The Bertz CT molecular complexity index is 101. The van der Waals surface area contributed by atoms with E-state index in [1.54, 1.807) is 0 Å². The van der Waals surface area contributed by atoms with Crippen molar-refractivity contribution in [3.05, 3.63) is 0 Å². The highest BCUT2D eigenvalue weighted by Gasteiger charge is 2.52. The first-order valence-electron chi connectivity index (χ1n) is 4.01. The standard InChI is InChI=1S/C8H14O/c1-2-3-6-7-4-9-5-8(6)7/h6-8H,2-5H2,1H3. The molecule has 1 heterocycles. The Kier molecular flexibility index (Phi) is 1.26. The summed E-state index contributed by atoms with van der Waals surface area (Å²) in [5.74, 6) is 3.01. The van der Waals surface area contributed by atoms with Crippen molar-refractivity contribution in [2.24, 2.45) is 17.8 Å². The Morgan fingerprint density at radius 1 is 1.33 bits per heavy atom. The molecule has 2 atom stereocenters. The molecule has 1 aliphatic heterocycles. The second-order valence-electron chi connectivity index (χ2n) is 3.32. The van der Waals surface area contributed by atoms with Gasteiger partial charge in [-0.05, 0) is 24.2 Å². The van der Waals surface area contributed by atoms with Gasteiger partial charge < -0.3 is 4.74 Å².